The van der Waals surface area contributed by atoms with Crippen LogP contribution in [-0.4, -0.2) is 18.0 Å². The van der Waals surface area contributed by atoms with E-state index in [9.17, 15) is 4.79 Å². The molecule has 3 N–H and O–H groups in total. The zero-order chi connectivity index (χ0) is 13.9. The fourth-order valence-corrected chi connectivity index (χ4v) is 1.77. The van der Waals surface area contributed by atoms with Gasteiger partial charge in [-0.1, -0.05) is 31.5 Å². The molecule has 3 nitrogen and oxygen atoms in total. The number of nitrogens with one attached hydrogen (secondary N) is 1. The van der Waals surface area contributed by atoms with E-state index in [-0.39, 0.29) is 24.2 Å². The first kappa shape index (κ1) is 18.2. The summed E-state index contributed by atoms with van der Waals surface area (Å²) in [7, 11) is 0. The summed E-state index contributed by atoms with van der Waals surface area (Å²) in [6.45, 7) is 8.32. The third kappa shape index (κ3) is 4.37. The topological polar surface area (TPSA) is 55.1 Å². The second-order valence-electron chi connectivity index (χ2n) is 5.19. The van der Waals surface area contributed by atoms with Crippen LogP contribution in [0.1, 0.15) is 36.7 Å². The molecule has 0 spiro atoms. The van der Waals surface area contributed by atoms with Gasteiger partial charge in [0.05, 0.1) is 5.54 Å². The van der Waals surface area contributed by atoms with Crippen molar-refractivity contribution >= 4 is 29.9 Å². The number of rotatable bonds is 4. The third-order valence-corrected chi connectivity index (χ3v) is 3.78. The number of halogens is 2. The van der Waals surface area contributed by atoms with Crippen LogP contribution in [0, 0.1) is 12.8 Å². The van der Waals surface area contributed by atoms with E-state index in [0.717, 1.165) is 5.56 Å². The number of carbonyl (C=O) groups excluding carboxylic acids is 1. The normalized spacial score (nSPS) is 13.6. The molecule has 108 valence electrons. The SMILES string of the molecule is Cc1ccc(Cl)cc1C(=O)NC(C)(CN)C(C)C.Cl. The number of aryl methyl sites for hydroxylation is 1. The Balaban J connectivity index is 0.00000324. The van der Waals surface area contributed by atoms with Crippen molar-refractivity contribution in [1.82, 2.24) is 5.32 Å². The van der Waals surface area contributed by atoms with Crippen molar-refractivity contribution in [1.29, 1.82) is 0 Å². The standard InChI is InChI=1S/C14H21ClN2O.ClH/c1-9(2)14(4,8-16)17-13(18)12-7-11(15)6-5-10(12)3;/h5-7,9H,8,16H2,1-4H3,(H,17,18);1H. The first-order chi connectivity index (χ1) is 8.30. The maximum Gasteiger partial charge on any atom is 0.252 e. The molecule has 1 rings (SSSR count). The van der Waals surface area contributed by atoms with Crippen LogP contribution in [0.3, 0.4) is 0 Å². The average Bonchev–Trinajstić information content (AvgIpc) is 2.31. The molecule has 1 amide bonds. The Morgan fingerprint density at radius 2 is 2.05 bits per heavy atom. The molecular formula is C14H22Cl2N2O. The lowest BCUT2D eigenvalue weighted by molar-refractivity contribution is 0.0882. The van der Waals surface area contributed by atoms with Crippen molar-refractivity contribution in [2.75, 3.05) is 6.54 Å². The molecule has 0 aliphatic heterocycles. The molecule has 0 aliphatic rings. The largest absolute Gasteiger partial charge is 0.345 e. The van der Waals surface area contributed by atoms with E-state index in [4.69, 9.17) is 17.3 Å². The van der Waals surface area contributed by atoms with E-state index in [2.05, 4.69) is 5.32 Å². The molecule has 0 heterocycles. The van der Waals surface area contributed by atoms with E-state index in [1.165, 1.54) is 0 Å². The molecule has 1 atom stereocenters. The Morgan fingerprint density at radius 3 is 2.53 bits per heavy atom. The van der Waals surface area contributed by atoms with E-state index in [0.29, 0.717) is 17.1 Å². The summed E-state index contributed by atoms with van der Waals surface area (Å²) < 4.78 is 0. The van der Waals surface area contributed by atoms with E-state index < -0.39 is 5.54 Å². The van der Waals surface area contributed by atoms with Gasteiger partial charge in [-0.05, 0) is 37.5 Å². The summed E-state index contributed by atoms with van der Waals surface area (Å²) >= 11 is 5.92. The Kier molecular flexibility index (Phi) is 6.84. The molecule has 0 fully saturated rings. The quantitative estimate of drug-likeness (QED) is 0.897. The van der Waals surface area contributed by atoms with Gasteiger partial charge < -0.3 is 11.1 Å². The molecule has 1 unspecified atom stereocenters. The minimum Gasteiger partial charge on any atom is -0.345 e. The molecule has 1 aromatic rings. The van der Waals surface area contributed by atoms with Crippen LogP contribution >= 0.6 is 24.0 Å². The van der Waals surface area contributed by atoms with Gasteiger partial charge in [-0.25, -0.2) is 0 Å². The van der Waals surface area contributed by atoms with Gasteiger partial charge in [0.1, 0.15) is 0 Å². The van der Waals surface area contributed by atoms with Gasteiger partial charge in [-0.2, -0.15) is 0 Å². The molecular weight excluding hydrogens is 283 g/mol. The van der Waals surface area contributed by atoms with Gasteiger partial charge in [-0.3, -0.25) is 4.79 Å². The van der Waals surface area contributed by atoms with Gasteiger partial charge in [0.25, 0.3) is 5.91 Å². The van der Waals surface area contributed by atoms with Crippen molar-refractivity contribution in [2.45, 2.75) is 33.2 Å². The van der Waals surface area contributed by atoms with Crippen molar-refractivity contribution in [3.05, 3.63) is 34.3 Å². The lowest BCUT2D eigenvalue weighted by Gasteiger charge is -2.33. The summed E-state index contributed by atoms with van der Waals surface area (Å²) in [5.74, 6) is 0.127. The molecule has 19 heavy (non-hydrogen) atoms. The number of hydrogen-bond donors (Lipinski definition) is 2. The lowest BCUT2D eigenvalue weighted by Crippen LogP contribution is -2.55. The van der Waals surface area contributed by atoms with Crippen LogP contribution in [0.5, 0.6) is 0 Å². The number of carbonyl (C=O) groups is 1. The number of nitrogens with two attached hydrogens (primary N) is 1. The van der Waals surface area contributed by atoms with Crippen LogP contribution in [-0.2, 0) is 0 Å². The minimum atomic E-state index is -0.411. The average molecular weight is 305 g/mol. The summed E-state index contributed by atoms with van der Waals surface area (Å²) in [6.07, 6.45) is 0. The molecule has 5 heteroatoms. The van der Waals surface area contributed by atoms with Crippen LogP contribution in [0.15, 0.2) is 18.2 Å². The monoisotopic (exact) mass is 304 g/mol. The molecule has 0 bridgehead atoms. The first-order valence-corrected chi connectivity index (χ1v) is 6.46. The molecule has 0 aliphatic carbocycles. The van der Waals surface area contributed by atoms with Gasteiger partial charge in [0.15, 0.2) is 0 Å². The van der Waals surface area contributed by atoms with E-state index in [1.54, 1.807) is 12.1 Å². The molecule has 0 saturated carbocycles. The van der Waals surface area contributed by atoms with Crippen molar-refractivity contribution in [2.24, 2.45) is 11.7 Å². The predicted octanol–water partition coefficient (Wildman–Crippen LogP) is 3.17. The number of amides is 1. The zero-order valence-electron chi connectivity index (χ0n) is 11.8. The van der Waals surface area contributed by atoms with Crippen molar-refractivity contribution < 1.29 is 4.79 Å². The van der Waals surface area contributed by atoms with Crippen molar-refractivity contribution in [3.8, 4) is 0 Å². The Morgan fingerprint density at radius 1 is 1.47 bits per heavy atom. The fraction of sp³-hybridized carbons (Fsp3) is 0.500. The smallest absolute Gasteiger partial charge is 0.252 e. The second-order valence-corrected chi connectivity index (χ2v) is 5.63. The summed E-state index contributed by atoms with van der Waals surface area (Å²) in [6, 6.07) is 5.30. The highest BCUT2D eigenvalue weighted by atomic mass is 35.5. The van der Waals surface area contributed by atoms with Gasteiger partial charge in [0.2, 0.25) is 0 Å². The molecule has 0 saturated heterocycles. The van der Waals surface area contributed by atoms with Crippen LogP contribution < -0.4 is 11.1 Å². The second kappa shape index (κ2) is 7.13. The number of benzene rings is 1. The number of hydrogen-bond acceptors (Lipinski definition) is 2. The fourth-order valence-electron chi connectivity index (χ4n) is 1.60. The van der Waals surface area contributed by atoms with Crippen LogP contribution in [0.2, 0.25) is 5.02 Å². The van der Waals surface area contributed by atoms with Crippen LogP contribution in [0.25, 0.3) is 0 Å². The Bertz CT molecular complexity index is 449. The van der Waals surface area contributed by atoms with E-state index >= 15 is 0 Å². The minimum absolute atomic E-state index is 0. The summed E-state index contributed by atoms with van der Waals surface area (Å²) in [4.78, 5) is 12.3. The van der Waals surface area contributed by atoms with E-state index in [1.807, 2.05) is 33.8 Å². The van der Waals surface area contributed by atoms with Crippen LogP contribution in [0.4, 0.5) is 0 Å². The van der Waals surface area contributed by atoms with Gasteiger partial charge in [-0.15, -0.1) is 12.4 Å². The summed E-state index contributed by atoms with van der Waals surface area (Å²) in [5.41, 5.74) is 6.85. The highest BCUT2D eigenvalue weighted by Gasteiger charge is 2.29. The van der Waals surface area contributed by atoms with Crippen molar-refractivity contribution in [3.63, 3.8) is 0 Å². The highest BCUT2D eigenvalue weighted by Crippen LogP contribution is 2.19. The maximum absolute atomic E-state index is 12.3. The maximum atomic E-state index is 12.3. The predicted molar refractivity (Wildman–Crippen MR) is 83.2 cm³/mol. The molecule has 1 aromatic carbocycles. The first-order valence-electron chi connectivity index (χ1n) is 6.09. The Labute approximate surface area is 126 Å². The third-order valence-electron chi connectivity index (χ3n) is 3.54. The Hall–Kier alpha value is -0.770. The molecule has 0 aromatic heterocycles. The van der Waals surface area contributed by atoms with Gasteiger partial charge in [0, 0.05) is 17.1 Å². The highest BCUT2D eigenvalue weighted by molar-refractivity contribution is 6.31. The lowest BCUT2D eigenvalue weighted by atomic mass is 9.88. The zero-order valence-corrected chi connectivity index (χ0v) is 13.4. The molecule has 0 radical (unpaired) electrons. The summed E-state index contributed by atoms with van der Waals surface area (Å²) in [5, 5.41) is 3.56. The van der Waals surface area contributed by atoms with Gasteiger partial charge >= 0.3 is 0 Å².